The molecule has 9 heteroatoms. The summed E-state index contributed by atoms with van der Waals surface area (Å²) in [5.41, 5.74) is 6.69. The van der Waals surface area contributed by atoms with Crippen LogP contribution in [0.4, 0.5) is 5.82 Å². The lowest BCUT2D eigenvalue weighted by Crippen LogP contribution is -2.32. The molecule has 22 heavy (non-hydrogen) atoms. The second kappa shape index (κ2) is 6.37. The molecule has 4 atom stereocenters. The smallest absolute Gasteiger partial charge is 0.167 e. The van der Waals surface area contributed by atoms with Crippen LogP contribution < -0.4 is 5.73 Å². The first-order valence-electron chi connectivity index (χ1n) is 7.15. The molecule has 3 heterocycles. The molecular formula is C13H19N5O3S. The summed E-state index contributed by atoms with van der Waals surface area (Å²) in [5.74, 6) is 1.89. The average molecular weight is 325 g/mol. The standard InChI is InChI=1S/C13H19N5O3S/c1-2-3-22-4-7-9(19)10(20)13(21-7)18-6-17-8-11(14)15-5-16-12(8)18/h5-7,9-10,13,19-20H,2-4H2,1H3,(H2,14,15,16)/t7-,9-,10-,13-/m1/s1. The quantitative estimate of drug-likeness (QED) is 0.666. The van der Waals surface area contributed by atoms with Crippen molar-refractivity contribution in [3.63, 3.8) is 0 Å². The number of fused-ring (bicyclic) bond motifs is 1. The summed E-state index contributed by atoms with van der Waals surface area (Å²) < 4.78 is 7.41. The van der Waals surface area contributed by atoms with Crippen LogP contribution in [0.3, 0.4) is 0 Å². The Hall–Kier alpha value is -1.42. The average Bonchev–Trinajstić information content (AvgIpc) is 3.05. The fraction of sp³-hybridized carbons (Fsp3) is 0.615. The number of nitrogens with two attached hydrogens (primary N) is 1. The predicted octanol–water partition coefficient (Wildman–Crippen LogP) is 0.171. The van der Waals surface area contributed by atoms with Gasteiger partial charge in [-0.15, -0.1) is 0 Å². The van der Waals surface area contributed by atoms with Crippen molar-refractivity contribution < 1.29 is 14.9 Å². The van der Waals surface area contributed by atoms with Gasteiger partial charge < -0.3 is 20.7 Å². The van der Waals surface area contributed by atoms with Crippen LogP contribution in [-0.2, 0) is 4.74 Å². The van der Waals surface area contributed by atoms with Gasteiger partial charge in [0.25, 0.3) is 0 Å². The number of anilines is 1. The first-order chi connectivity index (χ1) is 10.6. The molecule has 8 nitrogen and oxygen atoms in total. The Morgan fingerprint density at radius 1 is 1.32 bits per heavy atom. The van der Waals surface area contributed by atoms with E-state index >= 15 is 0 Å². The van der Waals surface area contributed by atoms with Gasteiger partial charge in [0, 0.05) is 5.75 Å². The number of ether oxygens (including phenoxy) is 1. The number of nitrogens with zero attached hydrogens (tertiary/aromatic N) is 4. The van der Waals surface area contributed by atoms with Crippen molar-refractivity contribution in [2.75, 3.05) is 17.2 Å². The van der Waals surface area contributed by atoms with Gasteiger partial charge in [-0.1, -0.05) is 6.92 Å². The molecule has 0 aromatic carbocycles. The van der Waals surface area contributed by atoms with E-state index in [4.69, 9.17) is 10.5 Å². The molecule has 1 aliphatic heterocycles. The van der Waals surface area contributed by atoms with E-state index in [1.54, 1.807) is 16.3 Å². The minimum Gasteiger partial charge on any atom is -0.387 e. The van der Waals surface area contributed by atoms with E-state index in [-0.39, 0.29) is 5.82 Å². The van der Waals surface area contributed by atoms with Crippen molar-refractivity contribution in [3.05, 3.63) is 12.7 Å². The molecule has 0 bridgehead atoms. The zero-order valence-electron chi connectivity index (χ0n) is 12.2. The predicted molar refractivity (Wildman–Crippen MR) is 83.3 cm³/mol. The molecule has 0 aliphatic carbocycles. The van der Waals surface area contributed by atoms with Gasteiger partial charge in [0.1, 0.15) is 24.1 Å². The van der Waals surface area contributed by atoms with Crippen LogP contribution in [0.2, 0.25) is 0 Å². The first kappa shape index (κ1) is 15.5. The van der Waals surface area contributed by atoms with Crippen LogP contribution in [0.15, 0.2) is 12.7 Å². The number of imidazole rings is 1. The Morgan fingerprint density at radius 2 is 2.14 bits per heavy atom. The summed E-state index contributed by atoms with van der Waals surface area (Å²) in [6.45, 7) is 2.10. The van der Waals surface area contributed by atoms with Gasteiger partial charge >= 0.3 is 0 Å². The lowest BCUT2D eigenvalue weighted by atomic mass is 10.1. The number of aliphatic hydroxyl groups is 2. The number of hydrogen-bond acceptors (Lipinski definition) is 8. The van der Waals surface area contributed by atoms with Crippen molar-refractivity contribution in [1.82, 2.24) is 19.5 Å². The third-order valence-corrected chi connectivity index (χ3v) is 4.89. The molecule has 0 saturated carbocycles. The number of nitrogen functional groups attached to an aromatic ring is 1. The Bertz CT molecular complexity index is 652. The van der Waals surface area contributed by atoms with Gasteiger partial charge in [-0.3, -0.25) is 4.57 Å². The maximum Gasteiger partial charge on any atom is 0.167 e. The second-order valence-corrected chi connectivity index (χ2v) is 6.35. The fourth-order valence-corrected chi connectivity index (χ4v) is 3.46. The largest absolute Gasteiger partial charge is 0.387 e. The maximum atomic E-state index is 10.3. The molecule has 120 valence electrons. The zero-order chi connectivity index (χ0) is 15.7. The summed E-state index contributed by atoms with van der Waals surface area (Å²) in [7, 11) is 0. The molecule has 0 amide bonds. The molecule has 0 spiro atoms. The van der Waals surface area contributed by atoms with Gasteiger partial charge in [-0.25, -0.2) is 15.0 Å². The van der Waals surface area contributed by atoms with E-state index < -0.39 is 24.5 Å². The number of aromatic nitrogens is 4. The fourth-order valence-electron chi connectivity index (χ4n) is 2.50. The van der Waals surface area contributed by atoms with Crippen LogP contribution in [0.1, 0.15) is 19.6 Å². The highest BCUT2D eigenvalue weighted by atomic mass is 32.2. The number of rotatable bonds is 5. The molecule has 3 rings (SSSR count). The van der Waals surface area contributed by atoms with Crippen molar-refractivity contribution in [3.8, 4) is 0 Å². The molecule has 2 aromatic heterocycles. The number of thioether (sulfide) groups is 1. The molecular weight excluding hydrogens is 306 g/mol. The van der Waals surface area contributed by atoms with E-state index in [9.17, 15) is 10.2 Å². The van der Waals surface area contributed by atoms with E-state index in [1.807, 2.05) is 0 Å². The number of hydrogen-bond donors (Lipinski definition) is 3. The van der Waals surface area contributed by atoms with Gasteiger partial charge in [-0.05, 0) is 12.2 Å². The first-order valence-corrected chi connectivity index (χ1v) is 8.31. The molecule has 1 fully saturated rings. The normalized spacial score (nSPS) is 28.5. The van der Waals surface area contributed by atoms with Gasteiger partial charge in [0.05, 0.1) is 12.4 Å². The van der Waals surface area contributed by atoms with Crippen LogP contribution in [0.5, 0.6) is 0 Å². The van der Waals surface area contributed by atoms with Crippen molar-refractivity contribution in [2.24, 2.45) is 0 Å². The highest BCUT2D eigenvalue weighted by Crippen LogP contribution is 2.33. The topological polar surface area (TPSA) is 119 Å². The van der Waals surface area contributed by atoms with E-state index in [2.05, 4.69) is 21.9 Å². The lowest BCUT2D eigenvalue weighted by molar-refractivity contribution is -0.0289. The Labute approximate surface area is 131 Å². The maximum absolute atomic E-state index is 10.3. The van der Waals surface area contributed by atoms with Crippen LogP contribution in [0.25, 0.3) is 11.2 Å². The van der Waals surface area contributed by atoms with E-state index in [0.29, 0.717) is 16.9 Å². The Morgan fingerprint density at radius 3 is 2.91 bits per heavy atom. The molecule has 2 aromatic rings. The minimum absolute atomic E-state index is 0.270. The van der Waals surface area contributed by atoms with Gasteiger partial charge in [-0.2, -0.15) is 11.8 Å². The third kappa shape index (κ3) is 2.65. The SMILES string of the molecule is CCCSC[C@H]1O[C@@H](n2cnc3c(N)ncnc32)[C@H](O)[C@@H]1O. The number of aliphatic hydroxyl groups excluding tert-OH is 2. The Kier molecular flexibility index (Phi) is 4.48. The molecule has 0 unspecified atom stereocenters. The van der Waals surface area contributed by atoms with Crippen LogP contribution in [0, 0.1) is 0 Å². The molecule has 4 N–H and O–H groups in total. The Balaban J connectivity index is 1.83. The molecule has 1 aliphatic rings. The zero-order valence-corrected chi connectivity index (χ0v) is 13.0. The van der Waals surface area contributed by atoms with Crippen LogP contribution >= 0.6 is 11.8 Å². The monoisotopic (exact) mass is 325 g/mol. The minimum atomic E-state index is -1.04. The van der Waals surface area contributed by atoms with Gasteiger partial charge in [0.15, 0.2) is 17.7 Å². The van der Waals surface area contributed by atoms with Gasteiger partial charge in [0.2, 0.25) is 0 Å². The lowest BCUT2D eigenvalue weighted by Gasteiger charge is -2.16. The van der Waals surface area contributed by atoms with E-state index in [0.717, 1.165) is 12.2 Å². The highest BCUT2D eigenvalue weighted by Gasteiger charge is 2.44. The van der Waals surface area contributed by atoms with E-state index in [1.165, 1.54) is 12.7 Å². The molecule has 0 radical (unpaired) electrons. The molecule has 1 saturated heterocycles. The van der Waals surface area contributed by atoms with Crippen molar-refractivity contribution in [1.29, 1.82) is 0 Å². The summed E-state index contributed by atoms with van der Waals surface area (Å²) in [4.78, 5) is 12.2. The summed E-state index contributed by atoms with van der Waals surface area (Å²) >= 11 is 1.70. The summed E-state index contributed by atoms with van der Waals surface area (Å²) in [5, 5.41) is 20.5. The third-order valence-electron chi connectivity index (χ3n) is 3.63. The van der Waals surface area contributed by atoms with Crippen molar-refractivity contribution in [2.45, 2.75) is 37.9 Å². The second-order valence-electron chi connectivity index (χ2n) is 5.20. The summed E-state index contributed by atoms with van der Waals surface area (Å²) in [6.07, 6.45) is 0.753. The highest BCUT2D eigenvalue weighted by molar-refractivity contribution is 7.99. The summed E-state index contributed by atoms with van der Waals surface area (Å²) in [6, 6.07) is 0. The van der Waals surface area contributed by atoms with Crippen molar-refractivity contribution >= 4 is 28.7 Å². The van der Waals surface area contributed by atoms with Crippen LogP contribution in [-0.4, -0.2) is 59.5 Å².